The molecule has 2 heterocycles. The molecule has 6 heteroatoms. The molecule has 0 fully saturated rings. The fraction of sp³-hybridized carbons (Fsp3) is 0.368. The van der Waals surface area contributed by atoms with E-state index in [4.69, 9.17) is 16.3 Å². The number of para-hydroxylation sites is 1. The zero-order chi connectivity index (χ0) is 16.9. The van der Waals surface area contributed by atoms with Crippen molar-refractivity contribution in [3.63, 3.8) is 0 Å². The van der Waals surface area contributed by atoms with E-state index in [2.05, 4.69) is 4.98 Å². The molecule has 1 atom stereocenters. The summed E-state index contributed by atoms with van der Waals surface area (Å²) in [7, 11) is 1.65. The number of ether oxygens (including phenoxy) is 1. The van der Waals surface area contributed by atoms with Crippen LogP contribution >= 0.6 is 24.0 Å². The highest BCUT2D eigenvalue weighted by Gasteiger charge is 2.28. The van der Waals surface area contributed by atoms with E-state index in [1.807, 2.05) is 41.3 Å². The molecule has 0 aliphatic carbocycles. The van der Waals surface area contributed by atoms with Crippen LogP contribution in [0, 0.1) is 5.92 Å². The van der Waals surface area contributed by atoms with Crippen LogP contribution in [0.4, 0.5) is 0 Å². The Bertz CT molecular complexity index is 724. The molecular formula is C19H22Cl2N2O2. The third-order valence-corrected chi connectivity index (χ3v) is 4.66. The summed E-state index contributed by atoms with van der Waals surface area (Å²) in [5, 5.41) is 0. The van der Waals surface area contributed by atoms with Crippen LogP contribution < -0.4 is 4.74 Å². The number of fused-ring (bicyclic) bond motifs is 1. The van der Waals surface area contributed by atoms with Crippen molar-refractivity contribution in [1.29, 1.82) is 0 Å². The highest BCUT2D eigenvalue weighted by atomic mass is 35.5. The third-order valence-electron chi connectivity index (χ3n) is 4.44. The lowest BCUT2D eigenvalue weighted by Crippen LogP contribution is -2.33. The molecule has 1 aromatic heterocycles. The molecule has 134 valence electrons. The lowest BCUT2D eigenvalue weighted by Gasteiger charge is -2.25. The molecule has 0 spiro atoms. The van der Waals surface area contributed by atoms with Crippen LogP contribution in [0.5, 0.6) is 5.75 Å². The molecule has 2 aromatic rings. The molecule has 25 heavy (non-hydrogen) atoms. The van der Waals surface area contributed by atoms with Crippen LogP contribution in [0.3, 0.4) is 0 Å². The van der Waals surface area contributed by atoms with Gasteiger partial charge in [0.1, 0.15) is 5.75 Å². The van der Waals surface area contributed by atoms with E-state index in [0.717, 1.165) is 29.8 Å². The number of amides is 1. The highest BCUT2D eigenvalue weighted by molar-refractivity contribution is 6.17. The number of hydrogen-bond acceptors (Lipinski definition) is 3. The smallest absolute Gasteiger partial charge is 0.256 e. The fourth-order valence-corrected chi connectivity index (χ4v) is 3.53. The number of methoxy groups -OCH3 is 1. The molecule has 0 bridgehead atoms. The van der Waals surface area contributed by atoms with E-state index in [-0.39, 0.29) is 18.3 Å². The minimum absolute atomic E-state index is 0. The van der Waals surface area contributed by atoms with Crippen LogP contribution in [-0.4, -0.2) is 35.3 Å². The van der Waals surface area contributed by atoms with Gasteiger partial charge in [0.05, 0.1) is 18.4 Å². The van der Waals surface area contributed by atoms with Gasteiger partial charge in [-0.3, -0.25) is 9.78 Å². The van der Waals surface area contributed by atoms with Gasteiger partial charge in [-0.2, -0.15) is 0 Å². The van der Waals surface area contributed by atoms with Gasteiger partial charge in [0, 0.05) is 30.7 Å². The fourth-order valence-electron chi connectivity index (χ4n) is 3.22. The Morgan fingerprint density at radius 2 is 2.08 bits per heavy atom. The van der Waals surface area contributed by atoms with Gasteiger partial charge in [0.25, 0.3) is 5.91 Å². The monoisotopic (exact) mass is 380 g/mol. The number of carbonyl (C=O) groups excluding carboxylic acids is 1. The normalized spacial score (nSPS) is 16.6. The van der Waals surface area contributed by atoms with Crippen molar-refractivity contribution in [3.05, 3.63) is 59.4 Å². The number of rotatable bonds is 5. The van der Waals surface area contributed by atoms with Crippen LogP contribution in [-0.2, 0) is 13.0 Å². The van der Waals surface area contributed by atoms with Crippen molar-refractivity contribution in [1.82, 2.24) is 9.88 Å². The van der Waals surface area contributed by atoms with E-state index in [1.54, 1.807) is 13.3 Å². The second-order valence-electron chi connectivity index (χ2n) is 6.04. The van der Waals surface area contributed by atoms with Crippen molar-refractivity contribution < 1.29 is 9.53 Å². The Labute approximate surface area is 159 Å². The molecule has 1 unspecified atom stereocenters. The standard InChI is InChI=1S/C19H21ClN2O2.ClH/c1-24-18-7-3-2-5-15(18)13-22-12-14(8-9-20)11-17-16(19(22)23)6-4-10-21-17;/h2-7,10,14H,8-9,11-13H2,1H3;1H. The number of carbonyl (C=O) groups is 1. The highest BCUT2D eigenvalue weighted by Crippen LogP contribution is 2.26. The molecule has 1 aromatic carbocycles. The summed E-state index contributed by atoms with van der Waals surface area (Å²) in [6.45, 7) is 1.20. The average molecular weight is 381 g/mol. The van der Waals surface area contributed by atoms with Gasteiger partial charge in [0.15, 0.2) is 0 Å². The van der Waals surface area contributed by atoms with Crippen molar-refractivity contribution in [2.24, 2.45) is 5.92 Å². The van der Waals surface area contributed by atoms with E-state index in [1.165, 1.54) is 0 Å². The summed E-state index contributed by atoms with van der Waals surface area (Å²) in [5.74, 6) is 1.73. The van der Waals surface area contributed by atoms with E-state index >= 15 is 0 Å². The lowest BCUT2D eigenvalue weighted by molar-refractivity contribution is 0.0724. The number of aromatic nitrogens is 1. The number of benzene rings is 1. The second-order valence-corrected chi connectivity index (χ2v) is 6.42. The first kappa shape index (κ1) is 19.5. The molecule has 1 aliphatic heterocycles. The van der Waals surface area contributed by atoms with Crippen molar-refractivity contribution in [2.75, 3.05) is 19.5 Å². The average Bonchev–Trinajstić information content (AvgIpc) is 2.73. The first-order valence-corrected chi connectivity index (χ1v) is 8.67. The van der Waals surface area contributed by atoms with Crippen LogP contribution in [0.1, 0.15) is 28.0 Å². The quantitative estimate of drug-likeness (QED) is 0.737. The summed E-state index contributed by atoms with van der Waals surface area (Å²) in [6, 6.07) is 11.5. The third kappa shape index (κ3) is 4.44. The molecule has 1 amide bonds. The summed E-state index contributed by atoms with van der Waals surface area (Å²) in [6.07, 6.45) is 3.41. The predicted octanol–water partition coefficient (Wildman–Crippen LogP) is 3.96. The number of halogens is 2. The van der Waals surface area contributed by atoms with Gasteiger partial charge in [-0.15, -0.1) is 24.0 Å². The van der Waals surface area contributed by atoms with Crippen molar-refractivity contribution in [2.45, 2.75) is 19.4 Å². The molecule has 1 aliphatic rings. The number of hydrogen-bond donors (Lipinski definition) is 0. The maximum atomic E-state index is 13.0. The first-order chi connectivity index (χ1) is 11.7. The molecule has 4 nitrogen and oxygen atoms in total. The number of nitrogens with zero attached hydrogens (tertiary/aromatic N) is 2. The van der Waals surface area contributed by atoms with Gasteiger partial charge in [-0.25, -0.2) is 0 Å². The molecular weight excluding hydrogens is 359 g/mol. The molecule has 0 N–H and O–H groups in total. The zero-order valence-corrected chi connectivity index (χ0v) is 15.7. The number of alkyl halides is 1. The minimum atomic E-state index is 0. The Balaban J connectivity index is 0.00000225. The van der Waals surface area contributed by atoms with Gasteiger partial charge in [0.2, 0.25) is 0 Å². The van der Waals surface area contributed by atoms with E-state index < -0.39 is 0 Å². The molecule has 0 radical (unpaired) electrons. The summed E-state index contributed by atoms with van der Waals surface area (Å²) in [4.78, 5) is 19.3. The van der Waals surface area contributed by atoms with E-state index in [9.17, 15) is 4.79 Å². The van der Waals surface area contributed by atoms with Crippen LogP contribution in [0.2, 0.25) is 0 Å². The van der Waals surface area contributed by atoms with Gasteiger partial charge < -0.3 is 9.64 Å². The minimum Gasteiger partial charge on any atom is -0.496 e. The van der Waals surface area contributed by atoms with Crippen LogP contribution in [0.25, 0.3) is 0 Å². The molecule has 0 saturated heterocycles. The summed E-state index contributed by atoms with van der Waals surface area (Å²) in [5.41, 5.74) is 2.58. The SMILES string of the molecule is COc1ccccc1CN1CC(CCCl)Cc2ncccc2C1=O.Cl. The Morgan fingerprint density at radius 3 is 2.84 bits per heavy atom. The Kier molecular flexibility index (Phi) is 7.09. The topological polar surface area (TPSA) is 42.4 Å². The summed E-state index contributed by atoms with van der Waals surface area (Å²) >= 11 is 5.96. The maximum absolute atomic E-state index is 13.0. The van der Waals surface area contributed by atoms with Gasteiger partial charge in [-0.05, 0) is 37.0 Å². The van der Waals surface area contributed by atoms with Crippen LogP contribution in [0.15, 0.2) is 42.6 Å². The number of pyridine rings is 1. The largest absolute Gasteiger partial charge is 0.496 e. The maximum Gasteiger partial charge on any atom is 0.256 e. The van der Waals surface area contributed by atoms with Crippen molar-refractivity contribution >= 4 is 29.9 Å². The Hall–Kier alpha value is -1.78. The first-order valence-electron chi connectivity index (χ1n) is 8.14. The lowest BCUT2D eigenvalue weighted by atomic mass is 9.99. The predicted molar refractivity (Wildman–Crippen MR) is 102 cm³/mol. The van der Waals surface area contributed by atoms with Crippen molar-refractivity contribution in [3.8, 4) is 5.75 Å². The van der Waals surface area contributed by atoms with Gasteiger partial charge in [-0.1, -0.05) is 18.2 Å². The zero-order valence-electron chi connectivity index (χ0n) is 14.2. The summed E-state index contributed by atoms with van der Waals surface area (Å²) < 4.78 is 5.43. The molecule has 3 rings (SSSR count). The van der Waals surface area contributed by atoms with Gasteiger partial charge >= 0.3 is 0 Å². The molecule has 0 saturated carbocycles. The Morgan fingerprint density at radius 1 is 1.28 bits per heavy atom. The van der Waals surface area contributed by atoms with E-state index in [0.29, 0.717) is 30.5 Å². The second kappa shape index (κ2) is 9.07.